The molecule has 63 heavy (non-hydrogen) atoms. The number of hydrogen-bond donors (Lipinski definition) is 3. The van der Waals surface area contributed by atoms with Crippen molar-refractivity contribution in [2.24, 2.45) is 5.73 Å². The highest BCUT2D eigenvalue weighted by Gasteiger charge is 2.37. The molecule has 3 atom stereocenters. The van der Waals surface area contributed by atoms with Crippen LogP contribution in [0.2, 0.25) is 0 Å². The summed E-state index contributed by atoms with van der Waals surface area (Å²) in [6.45, 7) is 15.3. The van der Waals surface area contributed by atoms with Gasteiger partial charge in [-0.2, -0.15) is 0 Å². The second-order valence-electron chi connectivity index (χ2n) is 18.9. The third-order valence-corrected chi connectivity index (χ3v) is 10.8. The van der Waals surface area contributed by atoms with E-state index in [0.29, 0.717) is 63.7 Å². The molecule has 0 spiro atoms. The molecule has 0 bridgehead atoms. The molecule has 1 unspecified atom stereocenters. The first-order chi connectivity index (χ1) is 29.8. The van der Waals surface area contributed by atoms with E-state index in [-0.39, 0.29) is 30.5 Å². The number of carbonyl (C=O) groups is 4. The van der Waals surface area contributed by atoms with Crippen molar-refractivity contribution in [2.45, 2.75) is 161 Å². The summed E-state index contributed by atoms with van der Waals surface area (Å²) >= 11 is 0. The number of aliphatic carboxylic acids is 1. The molecular weight excluding hydrogens is 805 g/mol. The minimum absolute atomic E-state index is 0.0213. The molecule has 0 aliphatic carbocycles. The molecule has 0 radical (unpaired) electrons. The van der Waals surface area contributed by atoms with Gasteiger partial charge >= 0.3 is 12.1 Å². The zero-order chi connectivity index (χ0) is 45.8. The van der Waals surface area contributed by atoms with Crippen LogP contribution in [0.15, 0.2) is 60.7 Å². The van der Waals surface area contributed by atoms with Crippen molar-refractivity contribution in [3.63, 3.8) is 0 Å². The third kappa shape index (κ3) is 14.9. The SMILES string of the molecule is CC(C)(C)OC(=O)NC(C)(C)C(=O)C[C@H](COCc1ccccc1)c1nnc2n1CCCC2C(=O)O.CC(C)(N)CC(=O)C[C@H](COCc1ccccc1)c1nnc2n1CCCC2. The van der Waals surface area contributed by atoms with Gasteiger partial charge < -0.3 is 39.5 Å². The third-order valence-electron chi connectivity index (χ3n) is 10.8. The minimum atomic E-state index is -1.20. The fourth-order valence-electron chi connectivity index (χ4n) is 7.76. The summed E-state index contributed by atoms with van der Waals surface area (Å²) in [6, 6.07) is 19.7. The first kappa shape index (κ1) is 48.7. The number of aromatic nitrogens is 6. The fourth-order valence-corrected chi connectivity index (χ4v) is 7.76. The second-order valence-corrected chi connectivity index (χ2v) is 18.9. The number of ketones is 2. The van der Waals surface area contributed by atoms with E-state index >= 15 is 0 Å². The average molecular weight is 871 g/mol. The summed E-state index contributed by atoms with van der Waals surface area (Å²) in [5.74, 6) is 0.487. The molecule has 2 aliphatic heterocycles. The maximum absolute atomic E-state index is 13.4. The molecule has 4 heterocycles. The van der Waals surface area contributed by atoms with Crippen LogP contribution in [0.25, 0.3) is 0 Å². The van der Waals surface area contributed by atoms with Crippen LogP contribution in [0, 0.1) is 0 Å². The van der Waals surface area contributed by atoms with Gasteiger partial charge in [0.15, 0.2) is 5.78 Å². The van der Waals surface area contributed by atoms with Gasteiger partial charge in [0.05, 0.1) is 32.0 Å². The Morgan fingerprint density at radius 3 is 1.89 bits per heavy atom. The van der Waals surface area contributed by atoms with Crippen LogP contribution in [0.3, 0.4) is 0 Å². The van der Waals surface area contributed by atoms with Crippen molar-refractivity contribution in [3.8, 4) is 0 Å². The number of nitrogens with zero attached hydrogens (tertiary/aromatic N) is 6. The van der Waals surface area contributed by atoms with Gasteiger partial charge in [-0.1, -0.05) is 60.7 Å². The van der Waals surface area contributed by atoms with E-state index in [1.54, 1.807) is 39.2 Å². The number of ether oxygens (including phenoxy) is 3. The van der Waals surface area contributed by atoms with Gasteiger partial charge in [-0.15, -0.1) is 20.4 Å². The molecule has 4 N–H and O–H groups in total. The lowest BCUT2D eigenvalue weighted by molar-refractivity contribution is -0.139. The molecule has 2 aliphatic rings. The zero-order valence-corrected chi connectivity index (χ0v) is 38.0. The Morgan fingerprint density at radius 2 is 1.32 bits per heavy atom. The van der Waals surface area contributed by atoms with Crippen LogP contribution in [0.1, 0.15) is 146 Å². The number of amides is 1. The Balaban J connectivity index is 0.000000247. The predicted molar refractivity (Wildman–Crippen MR) is 236 cm³/mol. The van der Waals surface area contributed by atoms with E-state index in [0.717, 1.165) is 48.6 Å². The first-order valence-corrected chi connectivity index (χ1v) is 22.0. The maximum atomic E-state index is 13.4. The fraction of sp³-hybridized carbons (Fsp3) is 0.574. The number of nitrogens with two attached hydrogens (primary N) is 1. The van der Waals surface area contributed by atoms with Gasteiger partial charge in [0.25, 0.3) is 0 Å². The van der Waals surface area contributed by atoms with Crippen LogP contribution in [0.5, 0.6) is 0 Å². The smallest absolute Gasteiger partial charge is 0.408 e. The highest BCUT2D eigenvalue weighted by Crippen LogP contribution is 2.32. The number of nitrogens with one attached hydrogen (secondary N) is 1. The monoisotopic (exact) mass is 871 g/mol. The van der Waals surface area contributed by atoms with Crippen LogP contribution in [-0.2, 0) is 61.3 Å². The van der Waals surface area contributed by atoms with Gasteiger partial charge in [0.2, 0.25) is 0 Å². The van der Waals surface area contributed by atoms with E-state index < -0.39 is 40.6 Å². The molecule has 1 amide bonds. The number of rotatable bonds is 19. The quantitative estimate of drug-likeness (QED) is 0.0885. The molecule has 0 saturated heterocycles. The molecule has 16 heteroatoms. The Morgan fingerprint density at radius 1 is 0.762 bits per heavy atom. The number of carboxylic acids is 1. The first-order valence-electron chi connectivity index (χ1n) is 22.0. The normalized spacial score (nSPS) is 16.1. The number of hydrogen-bond acceptors (Lipinski definition) is 12. The number of fused-ring (bicyclic) bond motifs is 2. The Labute approximate surface area is 370 Å². The lowest BCUT2D eigenvalue weighted by Crippen LogP contribution is -2.51. The van der Waals surface area contributed by atoms with E-state index in [2.05, 4.69) is 30.3 Å². The molecule has 4 aromatic rings. The molecule has 0 saturated carbocycles. The van der Waals surface area contributed by atoms with Crippen LogP contribution >= 0.6 is 0 Å². The summed E-state index contributed by atoms with van der Waals surface area (Å²) in [5, 5.41) is 29.5. The molecule has 16 nitrogen and oxygen atoms in total. The van der Waals surface area contributed by atoms with Crippen LogP contribution < -0.4 is 11.1 Å². The van der Waals surface area contributed by atoms with Crippen molar-refractivity contribution in [1.82, 2.24) is 34.8 Å². The van der Waals surface area contributed by atoms with Crippen molar-refractivity contribution in [1.29, 1.82) is 0 Å². The van der Waals surface area contributed by atoms with Gasteiger partial charge in [-0.25, -0.2) is 4.79 Å². The van der Waals surface area contributed by atoms with Gasteiger partial charge in [-0.05, 0) is 85.3 Å². The van der Waals surface area contributed by atoms with E-state index in [4.69, 9.17) is 19.9 Å². The molecular formula is C47H66N8O8. The van der Waals surface area contributed by atoms with Crippen molar-refractivity contribution < 1.29 is 38.5 Å². The lowest BCUT2D eigenvalue weighted by Gasteiger charge is -2.29. The second kappa shape index (κ2) is 21.8. The molecule has 342 valence electrons. The topological polar surface area (TPSA) is 216 Å². The van der Waals surface area contributed by atoms with Gasteiger partial charge in [0, 0.05) is 56.1 Å². The largest absolute Gasteiger partial charge is 0.481 e. The number of Topliss-reactive ketones (excluding diaryl/α,β-unsaturated/α-hetero) is 2. The molecule has 6 rings (SSSR count). The number of carboxylic acid groups (broad SMARTS) is 1. The highest BCUT2D eigenvalue weighted by atomic mass is 16.6. The number of alkyl carbamates (subject to hydrolysis) is 1. The standard InChI is InChI=1S/C26H36N4O6.C21H30N4O2/c1-25(2,3)36-24(34)27-26(4,5)20(31)14-18(16-35-15-17-10-7-6-8-11-17)21-28-29-22-19(23(32)33)12-9-13-30(21)22;1-21(2,22)13-18(26)12-17(15-27-14-16-8-4-3-5-9-16)20-24-23-19-10-6-7-11-25(19)20/h6-8,10-11,18-19H,9,12-16H2,1-5H3,(H,27,34)(H,32,33);3-5,8-9,17H,6-7,10-15,22H2,1-2H3/t18-,19?;17-/m11/s1. The maximum Gasteiger partial charge on any atom is 0.408 e. The van der Waals surface area contributed by atoms with Crippen molar-refractivity contribution >= 4 is 23.6 Å². The van der Waals surface area contributed by atoms with Gasteiger partial charge in [-0.3, -0.25) is 14.4 Å². The van der Waals surface area contributed by atoms with Crippen LogP contribution in [0.4, 0.5) is 4.79 Å². The Bertz CT molecular complexity index is 2120. The Kier molecular flexibility index (Phi) is 16.9. The lowest BCUT2D eigenvalue weighted by atomic mass is 9.90. The average Bonchev–Trinajstić information content (AvgIpc) is 3.84. The predicted octanol–water partition coefficient (Wildman–Crippen LogP) is 6.80. The minimum Gasteiger partial charge on any atom is -0.481 e. The molecule has 2 aromatic carbocycles. The molecule has 0 fully saturated rings. The molecule has 2 aromatic heterocycles. The van der Waals surface area contributed by atoms with E-state index in [1.807, 2.05) is 74.5 Å². The number of benzene rings is 2. The summed E-state index contributed by atoms with van der Waals surface area (Å²) in [5.41, 5.74) is 5.74. The van der Waals surface area contributed by atoms with Gasteiger partial charge in [0.1, 0.15) is 40.6 Å². The summed E-state index contributed by atoms with van der Waals surface area (Å²) in [6.07, 6.45) is 4.47. The van der Waals surface area contributed by atoms with Crippen LogP contribution in [-0.4, -0.2) is 88.2 Å². The summed E-state index contributed by atoms with van der Waals surface area (Å²) in [7, 11) is 0. The summed E-state index contributed by atoms with van der Waals surface area (Å²) in [4.78, 5) is 50.0. The van der Waals surface area contributed by atoms with E-state index in [9.17, 15) is 24.3 Å². The number of aryl methyl sites for hydroxylation is 1. The Hall–Kier alpha value is -5.32. The zero-order valence-electron chi connectivity index (χ0n) is 38.0. The van der Waals surface area contributed by atoms with Crippen molar-refractivity contribution in [3.05, 3.63) is 95.1 Å². The highest BCUT2D eigenvalue weighted by molar-refractivity contribution is 5.91. The summed E-state index contributed by atoms with van der Waals surface area (Å²) < 4.78 is 21.2. The number of carbonyl (C=O) groups excluding carboxylic acids is 3. The van der Waals surface area contributed by atoms with E-state index in [1.165, 1.54) is 0 Å². The van der Waals surface area contributed by atoms with Crippen molar-refractivity contribution in [2.75, 3.05) is 13.2 Å².